The predicted octanol–water partition coefficient (Wildman–Crippen LogP) is 7.31. The SMILES string of the molecule is C=CCCCC.CC.CCCC/C=C/CCCC. The molecule has 0 unspecified atom stereocenters. The largest absolute Gasteiger partial charge is 0.103 e. The lowest BCUT2D eigenvalue weighted by atomic mass is 10.2. The third kappa shape index (κ3) is 36.1. The van der Waals surface area contributed by atoms with Crippen LogP contribution in [0.2, 0.25) is 0 Å². The van der Waals surface area contributed by atoms with Gasteiger partial charge in [0.15, 0.2) is 0 Å². The molecule has 0 radical (unpaired) electrons. The molecule has 18 heavy (non-hydrogen) atoms. The Labute approximate surface area is 118 Å². The number of hydrogen-bond donors (Lipinski definition) is 0. The lowest BCUT2D eigenvalue weighted by molar-refractivity contribution is 0.793. The average Bonchev–Trinajstić information content (AvgIpc) is 2.43. The molecule has 0 rings (SSSR count). The standard InChI is InChI=1S/C10H20.C6H12.C2H6/c1-3-5-7-9-10-8-6-4-2;1-3-5-6-4-2;1-2/h9-10H,3-8H2,1-2H3;3H,1,4-6H2,2H3;1-2H3/b10-9+;;. The highest BCUT2D eigenvalue weighted by Crippen LogP contribution is 1.99. The van der Waals surface area contributed by atoms with Gasteiger partial charge in [0.1, 0.15) is 0 Å². The van der Waals surface area contributed by atoms with E-state index in [9.17, 15) is 0 Å². The highest BCUT2D eigenvalue weighted by molar-refractivity contribution is 4.80. The van der Waals surface area contributed by atoms with Crippen molar-refractivity contribution in [3.63, 3.8) is 0 Å². The Kier molecular flexibility index (Phi) is 37.7. The van der Waals surface area contributed by atoms with Crippen LogP contribution in [0.25, 0.3) is 0 Å². The first-order chi connectivity index (χ1) is 8.83. The fourth-order valence-corrected chi connectivity index (χ4v) is 1.23. The number of allylic oxidation sites excluding steroid dienone is 3. The molecule has 0 fully saturated rings. The van der Waals surface area contributed by atoms with Gasteiger partial charge < -0.3 is 0 Å². The Morgan fingerprint density at radius 2 is 1.00 bits per heavy atom. The Balaban J connectivity index is -0.000000241. The first-order valence-corrected chi connectivity index (χ1v) is 8.09. The maximum Gasteiger partial charge on any atom is -0.0351 e. The topological polar surface area (TPSA) is 0 Å². The molecular weight excluding hydrogens is 216 g/mol. The summed E-state index contributed by atoms with van der Waals surface area (Å²) in [6.07, 6.45) is 18.2. The van der Waals surface area contributed by atoms with E-state index in [1.807, 2.05) is 19.9 Å². The minimum Gasteiger partial charge on any atom is -0.103 e. The fourth-order valence-electron chi connectivity index (χ4n) is 1.23. The quantitative estimate of drug-likeness (QED) is 0.299. The van der Waals surface area contributed by atoms with E-state index in [4.69, 9.17) is 0 Å². The number of rotatable bonds is 9. The summed E-state index contributed by atoms with van der Waals surface area (Å²) in [5.74, 6) is 0. The zero-order valence-electron chi connectivity index (χ0n) is 13.8. The summed E-state index contributed by atoms with van der Waals surface area (Å²) in [6, 6.07) is 0. The van der Waals surface area contributed by atoms with Crippen molar-refractivity contribution in [1.82, 2.24) is 0 Å². The molecule has 0 spiro atoms. The van der Waals surface area contributed by atoms with Crippen molar-refractivity contribution in [2.75, 3.05) is 0 Å². The molecule has 0 bridgehead atoms. The van der Waals surface area contributed by atoms with Crippen molar-refractivity contribution in [1.29, 1.82) is 0 Å². The highest BCUT2D eigenvalue weighted by atomic mass is 13.9. The van der Waals surface area contributed by atoms with Crippen LogP contribution in [0.5, 0.6) is 0 Å². The van der Waals surface area contributed by atoms with E-state index in [2.05, 4.69) is 39.5 Å². The summed E-state index contributed by atoms with van der Waals surface area (Å²) in [4.78, 5) is 0. The van der Waals surface area contributed by atoms with Crippen molar-refractivity contribution in [2.45, 2.75) is 92.4 Å². The fraction of sp³-hybridized carbons (Fsp3) is 0.778. The second-order valence-corrected chi connectivity index (χ2v) is 4.19. The molecule has 110 valence electrons. The van der Waals surface area contributed by atoms with Crippen LogP contribution >= 0.6 is 0 Å². The maximum absolute atomic E-state index is 3.60. The van der Waals surface area contributed by atoms with Crippen molar-refractivity contribution in [2.24, 2.45) is 0 Å². The molecule has 0 saturated carbocycles. The summed E-state index contributed by atoms with van der Waals surface area (Å²) < 4.78 is 0. The van der Waals surface area contributed by atoms with Gasteiger partial charge in [0.2, 0.25) is 0 Å². The minimum atomic E-state index is 1.18. The van der Waals surface area contributed by atoms with Crippen molar-refractivity contribution in [3.05, 3.63) is 24.8 Å². The third-order valence-electron chi connectivity index (χ3n) is 2.38. The lowest BCUT2D eigenvalue weighted by Gasteiger charge is -1.89. The Morgan fingerprint density at radius 1 is 0.667 bits per heavy atom. The van der Waals surface area contributed by atoms with E-state index in [0.717, 1.165) is 0 Å². The molecule has 0 heterocycles. The molecule has 0 saturated heterocycles. The second kappa shape index (κ2) is 30.0. The minimum absolute atomic E-state index is 1.18. The molecule has 0 N–H and O–H groups in total. The zero-order chi connectivity index (χ0) is 14.5. The van der Waals surface area contributed by atoms with Crippen molar-refractivity contribution >= 4 is 0 Å². The number of unbranched alkanes of at least 4 members (excludes halogenated alkanes) is 6. The highest BCUT2D eigenvalue weighted by Gasteiger charge is 1.78. The number of hydrogen-bond acceptors (Lipinski definition) is 0. The molecule has 0 nitrogen and oxygen atoms in total. The summed E-state index contributed by atoms with van der Waals surface area (Å²) in [5, 5.41) is 0. The van der Waals surface area contributed by atoms with Gasteiger partial charge in [-0.1, -0.05) is 91.4 Å². The van der Waals surface area contributed by atoms with Crippen LogP contribution in [0, 0.1) is 0 Å². The van der Waals surface area contributed by atoms with Crippen LogP contribution in [0.4, 0.5) is 0 Å². The van der Waals surface area contributed by atoms with Crippen LogP contribution in [0.3, 0.4) is 0 Å². The monoisotopic (exact) mass is 254 g/mol. The second-order valence-electron chi connectivity index (χ2n) is 4.19. The van der Waals surface area contributed by atoms with E-state index in [-0.39, 0.29) is 0 Å². The van der Waals surface area contributed by atoms with Crippen LogP contribution in [0.15, 0.2) is 24.8 Å². The van der Waals surface area contributed by atoms with E-state index in [0.29, 0.717) is 0 Å². The first-order valence-electron chi connectivity index (χ1n) is 8.09. The van der Waals surface area contributed by atoms with E-state index in [1.165, 1.54) is 57.8 Å². The van der Waals surface area contributed by atoms with Crippen molar-refractivity contribution in [3.8, 4) is 0 Å². The molecule has 0 aromatic heterocycles. The summed E-state index contributed by atoms with van der Waals surface area (Å²) in [6.45, 7) is 14.3. The third-order valence-corrected chi connectivity index (χ3v) is 2.38. The predicted molar refractivity (Wildman–Crippen MR) is 89.3 cm³/mol. The Bertz CT molecular complexity index is 123. The maximum atomic E-state index is 3.60. The molecular formula is C18H38. The molecule has 0 heteroatoms. The van der Waals surface area contributed by atoms with Gasteiger partial charge in [0.25, 0.3) is 0 Å². The van der Waals surface area contributed by atoms with Gasteiger partial charge in [-0.3, -0.25) is 0 Å². The van der Waals surface area contributed by atoms with Gasteiger partial charge in [-0.2, -0.15) is 0 Å². The Morgan fingerprint density at radius 3 is 1.22 bits per heavy atom. The zero-order valence-corrected chi connectivity index (χ0v) is 13.8. The average molecular weight is 255 g/mol. The van der Waals surface area contributed by atoms with Gasteiger partial charge >= 0.3 is 0 Å². The van der Waals surface area contributed by atoms with Crippen LogP contribution in [-0.4, -0.2) is 0 Å². The molecule has 0 atom stereocenters. The summed E-state index contributed by atoms with van der Waals surface area (Å²) in [5.41, 5.74) is 0. The Hall–Kier alpha value is -0.520. The van der Waals surface area contributed by atoms with Crippen LogP contribution < -0.4 is 0 Å². The summed E-state index contributed by atoms with van der Waals surface area (Å²) in [7, 11) is 0. The van der Waals surface area contributed by atoms with Crippen molar-refractivity contribution < 1.29 is 0 Å². The van der Waals surface area contributed by atoms with Gasteiger partial charge in [0, 0.05) is 0 Å². The van der Waals surface area contributed by atoms with E-state index >= 15 is 0 Å². The van der Waals surface area contributed by atoms with E-state index in [1.54, 1.807) is 0 Å². The van der Waals surface area contributed by atoms with Gasteiger partial charge in [-0.05, 0) is 19.3 Å². The molecule has 0 aliphatic heterocycles. The van der Waals surface area contributed by atoms with E-state index < -0.39 is 0 Å². The molecule has 0 aromatic rings. The lowest BCUT2D eigenvalue weighted by Crippen LogP contribution is -1.69. The molecule has 0 amide bonds. The first kappa shape index (κ1) is 22.6. The normalized spacial score (nSPS) is 9.17. The van der Waals surface area contributed by atoms with Gasteiger partial charge in [0.05, 0.1) is 0 Å². The van der Waals surface area contributed by atoms with Crippen LogP contribution in [-0.2, 0) is 0 Å². The van der Waals surface area contributed by atoms with Crippen LogP contribution in [0.1, 0.15) is 92.4 Å². The summed E-state index contributed by atoms with van der Waals surface area (Å²) >= 11 is 0. The van der Waals surface area contributed by atoms with Gasteiger partial charge in [-0.25, -0.2) is 0 Å². The smallest absolute Gasteiger partial charge is 0.0351 e. The van der Waals surface area contributed by atoms with Gasteiger partial charge in [-0.15, -0.1) is 6.58 Å². The molecule has 0 aromatic carbocycles. The molecule has 0 aliphatic rings. The molecule has 0 aliphatic carbocycles.